The highest BCUT2D eigenvalue weighted by Crippen LogP contribution is 2.66. The predicted molar refractivity (Wildman–Crippen MR) is 211 cm³/mol. The van der Waals surface area contributed by atoms with Crippen LogP contribution >= 0.6 is 22.6 Å². The number of halogens is 1. The maximum atomic E-state index is 9.84. The molecule has 2 aliphatic heterocycles. The van der Waals surface area contributed by atoms with Crippen molar-refractivity contribution in [1.82, 2.24) is 9.97 Å². The summed E-state index contributed by atoms with van der Waals surface area (Å²) in [5.74, 6) is 2.35. The Labute approximate surface area is 306 Å². The monoisotopic (exact) mass is 775 g/mol. The predicted octanol–water partition coefficient (Wildman–Crippen LogP) is 8.28. The first kappa shape index (κ1) is 32.8. The molecular formula is C42H42IN5O2. The summed E-state index contributed by atoms with van der Waals surface area (Å²) in [6.07, 6.45) is 8.35. The number of nitrogens with zero attached hydrogens (tertiary/aromatic N) is 3. The van der Waals surface area contributed by atoms with Gasteiger partial charge in [-0.2, -0.15) is 5.26 Å². The van der Waals surface area contributed by atoms with Crippen LogP contribution in [0.2, 0.25) is 0 Å². The van der Waals surface area contributed by atoms with Crippen LogP contribution in [0.4, 0.5) is 0 Å². The van der Waals surface area contributed by atoms with Gasteiger partial charge in [-0.3, -0.25) is 4.99 Å². The molecule has 2 bridgehead atoms. The molecule has 0 saturated heterocycles. The molecule has 3 atom stereocenters. The van der Waals surface area contributed by atoms with E-state index in [-0.39, 0.29) is 17.3 Å². The number of benzene rings is 2. The first-order valence-corrected chi connectivity index (χ1v) is 18.3. The number of methoxy groups -OCH3 is 2. The molecule has 0 spiro atoms. The minimum absolute atomic E-state index is 0.198. The number of aliphatic imine (C=N–C) groups is 2. The summed E-state index contributed by atoms with van der Waals surface area (Å²) in [6.45, 7) is 14.8. The van der Waals surface area contributed by atoms with Crippen LogP contribution < -0.4 is 20.2 Å². The maximum absolute atomic E-state index is 9.84. The number of nitrogens with one attached hydrogen (secondary N) is 2. The second kappa shape index (κ2) is 11.3. The molecule has 0 saturated carbocycles. The highest BCUT2D eigenvalue weighted by molar-refractivity contribution is 14.1. The largest absolute Gasteiger partial charge is 0.496 e. The molecule has 2 aromatic heterocycles. The quantitative estimate of drug-likeness (QED) is 0.200. The fraction of sp³-hybridized carbons (Fsp3) is 0.357. The van der Waals surface area contributed by atoms with Gasteiger partial charge in [-0.25, -0.2) is 4.99 Å². The zero-order valence-corrected chi connectivity index (χ0v) is 32.3. The van der Waals surface area contributed by atoms with Crippen LogP contribution in [0.5, 0.6) is 11.5 Å². The smallest absolute Gasteiger partial charge is 0.149 e. The van der Waals surface area contributed by atoms with Crippen LogP contribution in [0.25, 0.3) is 29.0 Å². The van der Waals surface area contributed by atoms with Gasteiger partial charge in [0.15, 0.2) is 0 Å². The average molecular weight is 776 g/mol. The lowest BCUT2D eigenvalue weighted by Gasteiger charge is -2.29. The standard InChI is InChI=1S/C42H42IN5O2/c1-20-21(2)30(45-29(20)14-24-18-41(5,6)42(7,19-44)48-24)16-31-22(3)23(4)32(46-31)17-33-34-27-15-28(37(34)40(43)47-33)36-35(27)38(49-8)25-12-10-11-13-26(25)39(36)50-9/h10-14,16-17,27-28,45-46H,15,18H2,1-9H3/b29-14-,30-16-,33-17-/t27-,28-,42?/m0/s1. The molecule has 2 N–H and O–H groups in total. The summed E-state index contributed by atoms with van der Waals surface area (Å²) in [5.41, 5.74) is 13.2. The molecule has 8 heteroatoms. The van der Waals surface area contributed by atoms with Gasteiger partial charge in [0.1, 0.15) is 20.8 Å². The molecule has 1 unspecified atom stereocenters. The van der Waals surface area contributed by atoms with Crippen molar-refractivity contribution in [3.8, 4) is 17.6 Å². The van der Waals surface area contributed by atoms with E-state index in [1.165, 1.54) is 44.5 Å². The van der Waals surface area contributed by atoms with E-state index in [2.05, 4.69) is 123 Å². The summed E-state index contributed by atoms with van der Waals surface area (Å²) >= 11 is 2.42. The molecule has 2 aromatic carbocycles. The Balaban J connectivity index is 1.19. The van der Waals surface area contributed by atoms with Gasteiger partial charge in [0.25, 0.3) is 0 Å². The minimum Gasteiger partial charge on any atom is -0.496 e. The SMILES string of the molecule is COc1c2c(c(OC)c3ccccc13)[C@H]1C[C@@H]2C2=C1/C(=C/c1[nH]c(/C=c3\[nH]/c(=C\C4=NC(C)(C#N)C(C)(C)C4)c(C)c3C)c(C)c1C)N=C2I. The van der Waals surface area contributed by atoms with Crippen molar-refractivity contribution >= 4 is 61.0 Å². The number of allylic oxidation sites excluding steroid dienone is 2. The fourth-order valence-corrected chi connectivity index (χ4v) is 9.61. The number of H-pyrrole nitrogens is 2. The van der Waals surface area contributed by atoms with E-state index in [1.807, 2.05) is 6.92 Å². The molecule has 0 radical (unpaired) electrons. The topological polar surface area (TPSA) is 98.5 Å². The third kappa shape index (κ3) is 4.51. The van der Waals surface area contributed by atoms with Crippen LogP contribution in [-0.4, -0.2) is 39.2 Å². The lowest BCUT2D eigenvalue weighted by molar-refractivity contribution is 0.276. The molecule has 4 aliphatic rings. The van der Waals surface area contributed by atoms with E-state index < -0.39 is 5.54 Å². The number of ether oxygens (including phenoxy) is 2. The van der Waals surface area contributed by atoms with E-state index >= 15 is 0 Å². The summed E-state index contributed by atoms with van der Waals surface area (Å²) < 4.78 is 13.3. The number of aromatic nitrogens is 2. The fourth-order valence-electron chi connectivity index (χ4n) is 8.69. The Hall–Kier alpha value is -4.36. The molecular weight excluding hydrogens is 733 g/mol. The van der Waals surface area contributed by atoms with Crippen molar-refractivity contribution in [3.05, 3.63) is 96.6 Å². The highest BCUT2D eigenvalue weighted by atomic mass is 127. The number of hydrogen-bond acceptors (Lipinski definition) is 5. The molecule has 254 valence electrons. The lowest BCUT2D eigenvalue weighted by atomic mass is 9.74. The molecule has 2 aliphatic carbocycles. The Morgan fingerprint density at radius 2 is 1.38 bits per heavy atom. The number of hydrogen-bond donors (Lipinski definition) is 2. The molecule has 0 fully saturated rings. The lowest BCUT2D eigenvalue weighted by Crippen LogP contribution is -2.34. The van der Waals surface area contributed by atoms with Crippen LogP contribution in [0, 0.1) is 44.4 Å². The number of aromatic amines is 2. The number of fused-ring (bicyclic) bond motifs is 8. The molecule has 8 rings (SSSR count). The average Bonchev–Trinajstić information content (AvgIpc) is 3.90. The second-order valence-electron chi connectivity index (χ2n) is 15.1. The summed E-state index contributed by atoms with van der Waals surface area (Å²) in [4.78, 5) is 17.4. The Morgan fingerprint density at radius 1 is 0.820 bits per heavy atom. The van der Waals surface area contributed by atoms with Crippen molar-refractivity contribution in [3.63, 3.8) is 0 Å². The van der Waals surface area contributed by atoms with Crippen LogP contribution in [0.15, 0.2) is 51.1 Å². The van der Waals surface area contributed by atoms with E-state index in [9.17, 15) is 5.26 Å². The first-order chi connectivity index (χ1) is 23.8. The summed E-state index contributed by atoms with van der Waals surface area (Å²) in [5, 5.41) is 14.1. The molecule has 4 heterocycles. The van der Waals surface area contributed by atoms with Crippen LogP contribution in [-0.2, 0) is 0 Å². The van der Waals surface area contributed by atoms with E-state index in [0.29, 0.717) is 0 Å². The normalized spacial score (nSPS) is 24.7. The van der Waals surface area contributed by atoms with E-state index in [1.54, 1.807) is 14.2 Å². The third-order valence-corrected chi connectivity index (χ3v) is 13.0. The zero-order chi connectivity index (χ0) is 35.4. The van der Waals surface area contributed by atoms with Gasteiger partial charge >= 0.3 is 0 Å². The van der Waals surface area contributed by atoms with Crippen molar-refractivity contribution in [2.75, 3.05) is 14.2 Å². The maximum Gasteiger partial charge on any atom is 0.149 e. The highest BCUT2D eigenvalue weighted by Gasteiger charge is 2.51. The van der Waals surface area contributed by atoms with Gasteiger partial charge in [0.2, 0.25) is 0 Å². The Morgan fingerprint density at radius 3 is 1.94 bits per heavy atom. The third-order valence-electron chi connectivity index (χ3n) is 12.2. The van der Waals surface area contributed by atoms with E-state index in [4.69, 9.17) is 19.5 Å². The summed E-state index contributed by atoms with van der Waals surface area (Å²) in [7, 11) is 3.57. The Kier molecular flexibility index (Phi) is 7.43. The van der Waals surface area contributed by atoms with Gasteiger partial charge in [-0.15, -0.1) is 0 Å². The number of rotatable bonds is 5. The molecule has 0 amide bonds. The molecule has 50 heavy (non-hydrogen) atoms. The van der Waals surface area contributed by atoms with Crippen molar-refractivity contribution < 1.29 is 9.47 Å². The van der Waals surface area contributed by atoms with Crippen molar-refractivity contribution in [1.29, 1.82) is 5.26 Å². The van der Waals surface area contributed by atoms with Crippen LogP contribution in [0.1, 0.15) is 90.2 Å². The van der Waals surface area contributed by atoms with Gasteiger partial charge in [-0.05, 0) is 122 Å². The Bertz CT molecular complexity index is 2480. The summed E-state index contributed by atoms with van der Waals surface area (Å²) in [6, 6.07) is 10.8. The zero-order valence-electron chi connectivity index (χ0n) is 30.1. The molecule has 7 nitrogen and oxygen atoms in total. The van der Waals surface area contributed by atoms with Crippen molar-refractivity contribution in [2.45, 2.75) is 78.7 Å². The second-order valence-corrected chi connectivity index (χ2v) is 16.1. The van der Waals surface area contributed by atoms with E-state index in [0.717, 1.165) is 72.3 Å². The van der Waals surface area contributed by atoms with Crippen molar-refractivity contribution in [2.24, 2.45) is 15.4 Å². The van der Waals surface area contributed by atoms with Crippen LogP contribution in [0.3, 0.4) is 0 Å². The van der Waals surface area contributed by atoms with Gasteiger partial charge in [-0.1, -0.05) is 38.1 Å². The number of nitriles is 1. The van der Waals surface area contributed by atoms with Gasteiger partial charge in [0.05, 0.1) is 26.0 Å². The van der Waals surface area contributed by atoms with Gasteiger partial charge in [0, 0.05) is 66.9 Å². The minimum atomic E-state index is -0.722. The first-order valence-electron chi connectivity index (χ1n) is 17.3. The molecule has 4 aromatic rings. The van der Waals surface area contributed by atoms with Gasteiger partial charge < -0.3 is 19.4 Å².